The molecule has 0 saturated heterocycles. The summed E-state index contributed by atoms with van der Waals surface area (Å²) in [5.74, 6) is 6.85. The van der Waals surface area contributed by atoms with Gasteiger partial charge >= 0.3 is 0 Å². The Morgan fingerprint density at radius 1 is 1.17 bits per heavy atom. The van der Waals surface area contributed by atoms with Gasteiger partial charge in [0, 0.05) is 0 Å². The average molecular weight is 430 g/mol. The number of carbonyl (C=O) groups excluding carboxylic acids is 1. The Kier molecular flexibility index (Phi) is 7.29. The predicted octanol–water partition coefficient (Wildman–Crippen LogP) is 3.32. The molecule has 1 amide bonds. The van der Waals surface area contributed by atoms with E-state index in [4.69, 9.17) is 10.6 Å². The molecule has 3 aromatic rings. The van der Waals surface area contributed by atoms with E-state index >= 15 is 0 Å². The van der Waals surface area contributed by atoms with Crippen LogP contribution in [0.1, 0.15) is 31.3 Å². The lowest BCUT2D eigenvalue weighted by atomic mass is 9.96. The number of nitrogens with two attached hydrogens (primary N) is 1. The molecule has 0 saturated carbocycles. The summed E-state index contributed by atoms with van der Waals surface area (Å²) in [7, 11) is 0. The van der Waals surface area contributed by atoms with E-state index in [2.05, 4.69) is 29.4 Å². The summed E-state index contributed by atoms with van der Waals surface area (Å²) in [6.45, 7) is 4.20. The summed E-state index contributed by atoms with van der Waals surface area (Å²) in [5.41, 5.74) is 1.06. The maximum Gasteiger partial charge on any atom is 0.230 e. The van der Waals surface area contributed by atoms with E-state index in [-0.39, 0.29) is 36.0 Å². The fourth-order valence-electron chi connectivity index (χ4n) is 2.82. The second-order valence-electron chi connectivity index (χ2n) is 7.00. The van der Waals surface area contributed by atoms with Crippen LogP contribution in [0.3, 0.4) is 0 Å². The number of benzene rings is 2. The first-order valence-electron chi connectivity index (χ1n) is 9.49. The van der Waals surface area contributed by atoms with Crippen LogP contribution in [0.15, 0.2) is 59.8 Å². The standard InChI is InChI=1S/C21H24FN5O2S/c1-14(2)20(15-6-4-3-5-7-15)24-19(28)13-30-21-26-25-18(27(21)23)12-29-17-10-8-16(22)9-11-17/h3-11,14,20H,12-13,23H2,1-2H3,(H,24,28). The Morgan fingerprint density at radius 2 is 1.87 bits per heavy atom. The summed E-state index contributed by atoms with van der Waals surface area (Å²) >= 11 is 1.20. The first-order valence-corrected chi connectivity index (χ1v) is 10.5. The summed E-state index contributed by atoms with van der Waals surface area (Å²) in [4.78, 5) is 12.5. The molecule has 0 bridgehead atoms. The van der Waals surface area contributed by atoms with Crippen molar-refractivity contribution in [3.63, 3.8) is 0 Å². The molecule has 0 aliphatic carbocycles. The van der Waals surface area contributed by atoms with E-state index in [0.717, 1.165) is 5.56 Å². The van der Waals surface area contributed by atoms with Crippen molar-refractivity contribution in [3.05, 3.63) is 71.8 Å². The molecule has 1 unspecified atom stereocenters. The minimum atomic E-state index is -0.340. The molecule has 0 spiro atoms. The molecule has 9 heteroatoms. The van der Waals surface area contributed by atoms with E-state index < -0.39 is 0 Å². The van der Waals surface area contributed by atoms with Crippen molar-refractivity contribution in [1.29, 1.82) is 0 Å². The van der Waals surface area contributed by atoms with Crippen molar-refractivity contribution >= 4 is 17.7 Å². The Balaban J connectivity index is 1.54. The first kappa shape index (κ1) is 21.6. The van der Waals surface area contributed by atoms with Crippen molar-refractivity contribution < 1.29 is 13.9 Å². The van der Waals surface area contributed by atoms with Gasteiger partial charge in [-0.1, -0.05) is 55.9 Å². The van der Waals surface area contributed by atoms with Crippen LogP contribution in [0.25, 0.3) is 0 Å². The van der Waals surface area contributed by atoms with Gasteiger partial charge in [-0.15, -0.1) is 10.2 Å². The fraction of sp³-hybridized carbons (Fsp3) is 0.286. The van der Waals surface area contributed by atoms with E-state index in [1.165, 1.54) is 40.7 Å². The third-order valence-electron chi connectivity index (χ3n) is 4.39. The Morgan fingerprint density at radius 3 is 2.53 bits per heavy atom. The Bertz CT molecular complexity index is 963. The summed E-state index contributed by atoms with van der Waals surface area (Å²) in [6.07, 6.45) is 0. The van der Waals surface area contributed by atoms with Gasteiger partial charge in [-0.25, -0.2) is 9.07 Å². The smallest absolute Gasteiger partial charge is 0.230 e. The van der Waals surface area contributed by atoms with E-state index in [9.17, 15) is 9.18 Å². The van der Waals surface area contributed by atoms with Crippen LogP contribution in [0.4, 0.5) is 4.39 Å². The molecule has 1 aromatic heterocycles. The van der Waals surface area contributed by atoms with Crippen molar-refractivity contribution in [1.82, 2.24) is 20.2 Å². The molecule has 7 nitrogen and oxygen atoms in total. The maximum atomic E-state index is 12.9. The van der Waals surface area contributed by atoms with Crippen LogP contribution in [0.2, 0.25) is 0 Å². The molecule has 30 heavy (non-hydrogen) atoms. The highest BCUT2D eigenvalue weighted by Gasteiger charge is 2.19. The summed E-state index contributed by atoms with van der Waals surface area (Å²) in [5, 5.41) is 11.5. The van der Waals surface area contributed by atoms with Crippen LogP contribution in [0.5, 0.6) is 5.75 Å². The Labute approximate surface area is 178 Å². The Hall–Kier alpha value is -3.07. The molecule has 0 aliphatic heterocycles. The molecule has 158 valence electrons. The zero-order valence-electron chi connectivity index (χ0n) is 16.8. The molecule has 0 aliphatic rings. The normalized spacial score (nSPS) is 12.0. The number of hydrogen-bond acceptors (Lipinski definition) is 6. The van der Waals surface area contributed by atoms with Crippen LogP contribution in [-0.4, -0.2) is 26.5 Å². The van der Waals surface area contributed by atoms with Gasteiger partial charge in [0.1, 0.15) is 18.2 Å². The van der Waals surface area contributed by atoms with Gasteiger partial charge < -0.3 is 15.9 Å². The largest absolute Gasteiger partial charge is 0.486 e. The lowest BCUT2D eigenvalue weighted by Gasteiger charge is -2.22. The molecule has 3 N–H and O–H groups in total. The van der Waals surface area contributed by atoms with Gasteiger partial charge in [0.05, 0.1) is 11.8 Å². The summed E-state index contributed by atoms with van der Waals surface area (Å²) in [6, 6.07) is 15.4. The maximum absolute atomic E-state index is 12.9. The minimum Gasteiger partial charge on any atom is -0.486 e. The van der Waals surface area contributed by atoms with Gasteiger partial charge in [0.15, 0.2) is 5.82 Å². The van der Waals surface area contributed by atoms with Crippen molar-refractivity contribution in [2.75, 3.05) is 11.6 Å². The monoisotopic (exact) mass is 429 g/mol. The van der Waals surface area contributed by atoms with Gasteiger partial charge in [0.2, 0.25) is 11.1 Å². The molecular formula is C21H24FN5O2S. The van der Waals surface area contributed by atoms with Crippen molar-refractivity contribution in [2.24, 2.45) is 5.92 Å². The number of amides is 1. The fourth-order valence-corrected chi connectivity index (χ4v) is 3.51. The lowest BCUT2D eigenvalue weighted by molar-refractivity contribution is -0.119. The molecule has 2 aromatic carbocycles. The quantitative estimate of drug-likeness (QED) is 0.400. The number of thioether (sulfide) groups is 1. The number of nitrogens with zero attached hydrogens (tertiary/aromatic N) is 3. The van der Waals surface area contributed by atoms with Gasteiger partial charge in [0.25, 0.3) is 0 Å². The highest BCUT2D eigenvalue weighted by atomic mass is 32.2. The molecule has 1 heterocycles. The number of carbonyl (C=O) groups is 1. The highest BCUT2D eigenvalue weighted by Crippen LogP contribution is 2.22. The second kappa shape index (κ2) is 10.1. The van der Waals surface area contributed by atoms with E-state index in [1.54, 1.807) is 0 Å². The van der Waals surface area contributed by atoms with Gasteiger partial charge in [-0.2, -0.15) is 0 Å². The predicted molar refractivity (Wildman–Crippen MR) is 114 cm³/mol. The number of halogens is 1. The topological polar surface area (TPSA) is 95.1 Å². The number of ether oxygens (including phenoxy) is 1. The zero-order valence-corrected chi connectivity index (χ0v) is 17.6. The van der Waals surface area contributed by atoms with Crippen LogP contribution in [-0.2, 0) is 11.4 Å². The third kappa shape index (κ3) is 5.73. The van der Waals surface area contributed by atoms with E-state index in [0.29, 0.717) is 16.7 Å². The number of nitrogen functional groups attached to an aromatic ring is 1. The molecule has 0 fully saturated rings. The molecule has 0 radical (unpaired) electrons. The minimum absolute atomic E-state index is 0.0743. The van der Waals surface area contributed by atoms with E-state index in [1.807, 2.05) is 30.3 Å². The molecule has 1 atom stereocenters. The molecule has 3 rings (SSSR count). The van der Waals surface area contributed by atoms with Crippen LogP contribution in [0, 0.1) is 11.7 Å². The van der Waals surface area contributed by atoms with Crippen LogP contribution >= 0.6 is 11.8 Å². The average Bonchev–Trinajstić information content (AvgIpc) is 3.10. The van der Waals surface area contributed by atoms with Crippen molar-refractivity contribution in [3.8, 4) is 5.75 Å². The zero-order chi connectivity index (χ0) is 21.5. The first-order chi connectivity index (χ1) is 14.4. The lowest BCUT2D eigenvalue weighted by Crippen LogP contribution is -2.33. The summed E-state index contributed by atoms with van der Waals surface area (Å²) < 4.78 is 19.8. The third-order valence-corrected chi connectivity index (χ3v) is 5.33. The number of nitrogens with one attached hydrogen (secondary N) is 1. The van der Waals surface area contributed by atoms with Crippen LogP contribution < -0.4 is 15.9 Å². The SMILES string of the molecule is CC(C)C(NC(=O)CSc1nnc(COc2ccc(F)cc2)n1N)c1ccccc1. The molecular weight excluding hydrogens is 405 g/mol. The van der Waals surface area contributed by atoms with Gasteiger partial charge in [-0.05, 0) is 35.7 Å². The second-order valence-corrected chi connectivity index (χ2v) is 7.94. The van der Waals surface area contributed by atoms with Crippen molar-refractivity contribution in [2.45, 2.75) is 31.7 Å². The highest BCUT2D eigenvalue weighted by molar-refractivity contribution is 7.99. The van der Waals surface area contributed by atoms with Gasteiger partial charge in [-0.3, -0.25) is 4.79 Å². The number of hydrogen-bond donors (Lipinski definition) is 2. The number of rotatable bonds is 9. The number of aromatic nitrogens is 3.